The first-order valence-electron chi connectivity index (χ1n) is 9.50. The van der Waals surface area contributed by atoms with Crippen LogP contribution in [0.25, 0.3) is 17.2 Å². The fourth-order valence-corrected chi connectivity index (χ4v) is 3.76. The van der Waals surface area contributed by atoms with Gasteiger partial charge in [0.2, 0.25) is 0 Å². The molecular formula is C25H17ClN4O. The van der Waals surface area contributed by atoms with Crippen molar-refractivity contribution in [3.8, 4) is 23.6 Å². The van der Waals surface area contributed by atoms with E-state index in [0.717, 1.165) is 27.8 Å². The zero-order valence-corrected chi connectivity index (χ0v) is 17.7. The van der Waals surface area contributed by atoms with Crippen LogP contribution in [0.3, 0.4) is 0 Å². The molecule has 31 heavy (non-hydrogen) atoms. The number of ether oxygens (including phenoxy) is 1. The first-order chi connectivity index (χ1) is 14.9. The smallest absolute Gasteiger partial charge is 0.142 e. The predicted octanol–water partition coefficient (Wildman–Crippen LogP) is 6.14. The molecule has 0 saturated carbocycles. The number of aromatic nitrogens is 1. The third-order valence-electron chi connectivity index (χ3n) is 5.22. The van der Waals surface area contributed by atoms with E-state index in [0.29, 0.717) is 33.4 Å². The summed E-state index contributed by atoms with van der Waals surface area (Å²) < 4.78 is 5.84. The fourth-order valence-electron chi connectivity index (χ4n) is 3.63. The highest BCUT2D eigenvalue weighted by Crippen LogP contribution is 2.44. The molecule has 0 spiro atoms. The van der Waals surface area contributed by atoms with Gasteiger partial charge in [-0.15, -0.1) is 0 Å². The molecule has 6 heteroatoms. The number of nitrogen functional groups attached to an aromatic ring is 1. The van der Waals surface area contributed by atoms with E-state index in [1.54, 1.807) is 24.3 Å². The number of hydrogen-bond acceptors (Lipinski definition) is 5. The highest BCUT2D eigenvalue weighted by Gasteiger charge is 2.29. The van der Waals surface area contributed by atoms with E-state index in [1.165, 1.54) is 0 Å². The zero-order chi connectivity index (χ0) is 22.1. The van der Waals surface area contributed by atoms with Crippen molar-refractivity contribution in [2.75, 3.05) is 5.73 Å². The van der Waals surface area contributed by atoms with Crippen LogP contribution in [0, 0.1) is 29.6 Å². The Bertz CT molecular complexity index is 1340. The number of hydrogen-bond donors (Lipinski definition) is 1. The molecule has 1 heterocycles. The summed E-state index contributed by atoms with van der Waals surface area (Å²) in [5.41, 5.74) is 11.4. The van der Waals surface area contributed by atoms with Crippen molar-refractivity contribution in [1.82, 2.24) is 4.98 Å². The highest BCUT2D eigenvalue weighted by atomic mass is 35.5. The lowest BCUT2D eigenvalue weighted by atomic mass is 9.95. The van der Waals surface area contributed by atoms with Crippen LogP contribution in [0.5, 0.6) is 11.5 Å². The molecule has 1 aliphatic carbocycles. The number of nitriles is 2. The van der Waals surface area contributed by atoms with Crippen LogP contribution in [0.4, 0.5) is 5.82 Å². The van der Waals surface area contributed by atoms with Gasteiger partial charge in [0.25, 0.3) is 0 Å². The summed E-state index contributed by atoms with van der Waals surface area (Å²) >= 11 is 5.91. The zero-order valence-electron chi connectivity index (χ0n) is 16.9. The summed E-state index contributed by atoms with van der Waals surface area (Å²) in [5, 5.41) is 19.8. The molecule has 5 nitrogen and oxygen atoms in total. The van der Waals surface area contributed by atoms with Gasteiger partial charge in [-0.25, -0.2) is 4.98 Å². The van der Waals surface area contributed by atoms with Crippen molar-refractivity contribution in [3.05, 3.63) is 87.1 Å². The molecule has 0 saturated heterocycles. The normalized spacial score (nSPS) is 13.6. The monoisotopic (exact) mass is 424 g/mol. The predicted molar refractivity (Wildman–Crippen MR) is 122 cm³/mol. The van der Waals surface area contributed by atoms with Gasteiger partial charge < -0.3 is 10.5 Å². The van der Waals surface area contributed by atoms with Crippen molar-refractivity contribution in [2.24, 2.45) is 0 Å². The van der Waals surface area contributed by atoms with Crippen molar-refractivity contribution in [3.63, 3.8) is 0 Å². The molecular weight excluding hydrogens is 408 g/mol. The third-order valence-corrected chi connectivity index (χ3v) is 5.48. The Morgan fingerprint density at radius 2 is 1.58 bits per heavy atom. The van der Waals surface area contributed by atoms with E-state index in [9.17, 15) is 10.5 Å². The summed E-state index contributed by atoms with van der Waals surface area (Å²) in [6, 6.07) is 19.1. The van der Waals surface area contributed by atoms with Gasteiger partial charge in [0, 0.05) is 10.6 Å². The van der Waals surface area contributed by atoms with Crippen LogP contribution < -0.4 is 10.5 Å². The van der Waals surface area contributed by atoms with E-state index >= 15 is 0 Å². The minimum absolute atomic E-state index is 0.143. The summed E-state index contributed by atoms with van der Waals surface area (Å²) in [6.45, 7) is 3.71. The number of allylic oxidation sites excluding steroid dienone is 3. The lowest BCUT2D eigenvalue weighted by molar-refractivity contribution is 0.482. The highest BCUT2D eigenvalue weighted by molar-refractivity contribution is 6.30. The minimum Gasteiger partial charge on any atom is -0.457 e. The first kappa shape index (κ1) is 20.2. The number of anilines is 1. The molecule has 2 aromatic carbocycles. The van der Waals surface area contributed by atoms with Gasteiger partial charge in [-0.05, 0) is 78.6 Å². The summed E-state index contributed by atoms with van der Waals surface area (Å²) in [6.07, 6.45) is 1.98. The Kier molecular flexibility index (Phi) is 5.21. The molecule has 2 N–H and O–H groups in total. The largest absolute Gasteiger partial charge is 0.457 e. The summed E-state index contributed by atoms with van der Waals surface area (Å²) in [5.74, 6) is 1.53. The molecule has 0 radical (unpaired) electrons. The Balaban J connectivity index is 1.72. The SMILES string of the molecule is CC1=C(C#N)c2nc(N)c(C#N)c(C)c2/C1=C\c1ccc(Oc2ccc(Cl)cc2)cc1. The van der Waals surface area contributed by atoms with Crippen LogP contribution in [-0.4, -0.2) is 4.98 Å². The van der Waals surface area contributed by atoms with Gasteiger partial charge in [-0.3, -0.25) is 0 Å². The fraction of sp³-hybridized carbons (Fsp3) is 0.0800. The third kappa shape index (κ3) is 3.64. The van der Waals surface area contributed by atoms with Crippen LogP contribution in [0.2, 0.25) is 5.02 Å². The molecule has 0 atom stereocenters. The van der Waals surface area contributed by atoms with Gasteiger partial charge in [0.05, 0.1) is 16.8 Å². The number of pyridine rings is 1. The van der Waals surface area contributed by atoms with Gasteiger partial charge >= 0.3 is 0 Å². The number of halogens is 1. The van der Waals surface area contributed by atoms with E-state index in [-0.39, 0.29) is 5.82 Å². The van der Waals surface area contributed by atoms with E-state index in [2.05, 4.69) is 17.1 Å². The molecule has 0 fully saturated rings. The molecule has 0 unspecified atom stereocenters. The Hall–Kier alpha value is -4.06. The van der Waals surface area contributed by atoms with Crippen LogP contribution in [-0.2, 0) is 0 Å². The van der Waals surface area contributed by atoms with Crippen molar-refractivity contribution in [2.45, 2.75) is 13.8 Å². The Labute approximate surface area is 185 Å². The number of nitrogens with zero attached hydrogens (tertiary/aromatic N) is 3. The molecule has 0 bridgehead atoms. The average molecular weight is 425 g/mol. The Morgan fingerprint density at radius 1 is 0.968 bits per heavy atom. The lowest BCUT2D eigenvalue weighted by Gasteiger charge is -2.11. The topological polar surface area (TPSA) is 95.7 Å². The van der Waals surface area contributed by atoms with Gasteiger partial charge in [-0.2, -0.15) is 10.5 Å². The molecule has 4 rings (SSSR count). The quantitative estimate of drug-likeness (QED) is 0.544. The average Bonchev–Trinajstić information content (AvgIpc) is 3.02. The van der Waals surface area contributed by atoms with E-state index < -0.39 is 0 Å². The van der Waals surface area contributed by atoms with Crippen LogP contribution in [0.1, 0.15) is 34.9 Å². The maximum atomic E-state index is 9.66. The second-order valence-electron chi connectivity index (χ2n) is 7.13. The number of benzene rings is 2. The summed E-state index contributed by atoms with van der Waals surface area (Å²) in [4.78, 5) is 4.35. The van der Waals surface area contributed by atoms with Crippen molar-refractivity contribution >= 4 is 34.6 Å². The standard InChI is InChI=1S/C25H17ClN4O/c1-14-20(23-15(2)22(13-28)25(29)30-24(23)21(14)12-27)11-16-3-7-18(8-4-16)31-19-9-5-17(26)6-10-19/h3-11H,1-2H3,(H2,29,30)/b20-11-. The lowest BCUT2D eigenvalue weighted by Crippen LogP contribution is -2.03. The number of fused-ring (bicyclic) bond motifs is 1. The maximum Gasteiger partial charge on any atom is 0.142 e. The molecule has 150 valence electrons. The van der Waals surface area contributed by atoms with Gasteiger partial charge in [0.1, 0.15) is 29.5 Å². The number of rotatable bonds is 3. The second-order valence-corrected chi connectivity index (χ2v) is 7.56. The molecule has 0 aliphatic heterocycles. The van der Waals surface area contributed by atoms with Crippen molar-refractivity contribution in [1.29, 1.82) is 10.5 Å². The van der Waals surface area contributed by atoms with Crippen molar-refractivity contribution < 1.29 is 4.74 Å². The van der Waals surface area contributed by atoms with Crippen LogP contribution >= 0.6 is 11.6 Å². The molecule has 3 aromatic rings. The molecule has 1 aliphatic rings. The molecule has 1 aromatic heterocycles. The van der Waals surface area contributed by atoms with Gasteiger partial charge in [0.15, 0.2) is 0 Å². The summed E-state index contributed by atoms with van der Waals surface area (Å²) in [7, 11) is 0. The number of nitrogens with two attached hydrogens (primary N) is 1. The van der Waals surface area contributed by atoms with Crippen LogP contribution in [0.15, 0.2) is 54.1 Å². The Morgan fingerprint density at radius 3 is 2.16 bits per heavy atom. The van der Waals surface area contributed by atoms with Gasteiger partial charge in [-0.1, -0.05) is 23.7 Å². The van der Waals surface area contributed by atoms with E-state index in [4.69, 9.17) is 22.1 Å². The second kappa shape index (κ2) is 7.99. The van der Waals surface area contributed by atoms with E-state index in [1.807, 2.05) is 44.2 Å². The first-order valence-corrected chi connectivity index (χ1v) is 9.88. The minimum atomic E-state index is 0.143. The maximum absolute atomic E-state index is 9.66. The molecule has 0 amide bonds.